The molecule has 0 radical (unpaired) electrons. The van der Waals surface area contributed by atoms with Gasteiger partial charge < -0.3 is 19.5 Å². The fraction of sp³-hybridized carbons (Fsp3) is 0.136. The van der Waals surface area contributed by atoms with Crippen molar-refractivity contribution in [2.24, 2.45) is 0 Å². The zero-order valence-corrected chi connectivity index (χ0v) is 15.6. The van der Waals surface area contributed by atoms with Crippen molar-refractivity contribution in [3.63, 3.8) is 0 Å². The Morgan fingerprint density at radius 1 is 1.14 bits per heavy atom. The molecular weight excluding hydrogens is 372 g/mol. The lowest BCUT2D eigenvalue weighted by Crippen LogP contribution is -2.44. The summed E-state index contributed by atoms with van der Waals surface area (Å²) in [7, 11) is 1.25. The van der Waals surface area contributed by atoms with E-state index in [4.69, 9.17) is 9.15 Å². The number of fused-ring (bicyclic) bond motifs is 2. The number of esters is 1. The Balaban J connectivity index is 1.63. The second-order valence-corrected chi connectivity index (χ2v) is 6.60. The van der Waals surface area contributed by atoms with Gasteiger partial charge in [-0.25, -0.2) is 9.59 Å². The van der Waals surface area contributed by atoms with Crippen LogP contribution in [0.2, 0.25) is 0 Å². The van der Waals surface area contributed by atoms with E-state index in [1.807, 2.05) is 24.3 Å². The molecule has 4 rings (SSSR count). The van der Waals surface area contributed by atoms with Gasteiger partial charge in [-0.1, -0.05) is 36.4 Å². The smallest absolute Gasteiger partial charge is 0.349 e. The minimum Gasteiger partial charge on any atom is -0.467 e. The first-order valence-corrected chi connectivity index (χ1v) is 9.03. The molecule has 0 saturated heterocycles. The number of rotatable bonds is 5. The zero-order chi connectivity index (χ0) is 20.4. The molecule has 2 heterocycles. The molecule has 29 heavy (non-hydrogen) atoms. The number of methoxy groups -OCH3 is 1. The molecule has 2 N–H and O–H groups in total. The van der Waals surface area contributed by atoms with Gasteiger partial charge in [-0.2, -0.15) is 0 Å². The fourth-order valence-electron chi connectivity index (χ4n) is 3.31. The van der Waals surface area contributed by atoms with Crippen molar-refractivity contribution in [2.75, 3.05) is 7.11 Å². The number of amides is 1. The lowest BCUT2D eigenvalue weighted by molar-refractivity contribution is -0.142. The number of aromatic nitrogens is 1. The van der Waals surface area contributed by atoms with E-state index in [1.165, 1.54) is 13.2 Å². The number of benzene rings is 2. The SMILES string of the molecule is COC(=O)C(Cc1c[nH]c2ccccc12)NC(=O)c1cc2ccccc2oc1=O. The van der Waals surface area contributed by atoms with Crippen molar-refractivity contribution in [2.45, 2.75) is 12.5 Å². The van der Waals surface area contributed by atoms with Crippen LogP contribution < -0.4 is 10.9 Å². The Morgan fingerprint density at radius 3 is 2.72 bits per heavy atom. The van der Waals surface area contributed by atoms with Crippen LogP contribution in [0.1, 0.15) is 15.9 Å². The van der Waals surface area contributed by atoms with E-state index >= 15 is 0 Å². The number of H-pyrrole nitrogens is 1. The van der Waals surface area contributed by atoms with Gasteiger partial charge >= 0.3 is 11.6 Å². The number of para-hydroxylation sites is 2. The second-order valence-electron chi connectivity index (χ2n) is 6.60. The highest BCUT2D eigenvalue weighted by molar-refractivity contribution is 5.98. The second kappa shape index (κ2) is 7.63. The van der Waals surface area contributed by atoms with E-state index in [9.17, 15) is 14.4 Å². The summed E-state index contributed by atoms with van der Waals surface area (Å²) in [6, 6.07) is 15.0. The van der Waals surface area contributed by atoms with Crippen molar-refractivity contribution >= 4 is 33.7 Å². The van der Waals surface area contributed by atoms with Gasteiger partial charge in [0.05, 0.1) is 7.11 Å². The third-order valence-corrected chi connectivity index (χ3v) is 4.78. The first-order chi connectivity index (χ1) is 14.1. The molecule has 7 nitrogen and oxygen atoms in total. The summed E-state index contributed by atoms with van der Waals surface area (Å²) in [6.07, 6.45) is 2.00. The summed E-state index contributed by atoms with van der Waals surface area (Å²) < 4.78 is 10.1. The van der Waals surface area contributed by atoms with Gasteiger partial charge in [-0.15, -0.1) is 0 Å². The number of hydrogen-bond acceptors (Lipinski definition) is 5. The average molecular weight is 390 g/mol. The van der Waals surface area contributed by atoms with Crippen LogP contribution in [0.25, 0.3) is 21.9 Å². The molecule has 0 fully saturated rings. The van der Waals surface area contributed by atoms with Gasteiger partial charge in [0.15, 0.2) is 0 Å². The topological polar surface area (TPSA) is 101 Å². The molecule has 1 unspecified atom stereocenters. The number of aromatic amines is 1. The van der Waals surface area contributed by atoms with Crippen LogP contribution in [-0.2, 0) is 16.0 Å². The van der Waals surface area contributed by atoms with E-state index in [-0.39, 0.29) is 12.0 Å². The Hall–Kier alpha value is -3.87. The zero-order valence-electron chi connectivity index (χ0n) is 15.6. The number of carbonyl (C=O) groups excluding carboxylic acids is 2. The fourth-order valence-corrected chi connectivity index (χ4v) is 3.31. The molecule has 0 aliphatic rings. The summed E-state index contributed by atoms with van der Waals surface area (Å²) in [5, 5.41) is 4.16. The van der Waals surface area contributed by atoms with Crippen molar-refractivity contribution in [1.82, 2.24) is 10.3 Å². The molecule has 4 aromatic rings. The Bertz CT molecular complexity index is 1270. The Labute approximate surface area is 165 Å². The molecule has 0 saturated carbocycles. The number of ether oxygens (including phenoxy) is 1. The third kappa shape index (κ3) is 3.62. The molecule has 0 aliphatic heterocycles. The summed E-state index contributed by atoms with van der Waals surface area (Å²) in [5.74, 6) is -1.30. The molecule has 0 aliphatic carbocycles. The maximum Gasteiger partial charge on any atom is 0.349 e. The van der Waals surface area contributed by atoms with E-state index in [2.05, 4.69) is 10.3 Å². The number of nitrogens with one attached hydrogen (secondary N) is 2. The van der Waals surface area contributed by atoms with Crippen molar-refractivity contribution in [3.8, 4) is 0 Å². The van der Waals surface area contributed by atoms with Crippen LogP contribution in [0.3, 0.4) is 0 Å². The van der Waals surface area contributed by atoms with Gasteiger partial charge in [0.2, 0.25) is 0 Å². The van der Waals surface area contributed by atoms with Crippen LogP contribution in [0, 0.1) is 0 Å². The number of carbonyl (C=O) groups is 2. The highest BCUT2D eigenvalue weighted by Crippen LogP contribution is 2.20. The van der Waals surface area contributed by atoms with E-state index in [0.717, 1.165) is 16.5 Å². The Morgan fingerprint density at radius 2 is 1.90 bits per heavy atom. The lowest BCUT2D eigenvalue weighted by atomic mass is 10.0. The minimum atomic E-state index is -0.961. The lowest BCUT2D eigenvalue weighted by Gasteiger charge is -2.16. The molecule has 1 atom stereocenters. The average Bonchev–Trinajstić information content (AvgIpc) is 3.15. The van der Waals surface area contributed by atoms with Crippen molar-refractivity contribution in [1.29, 1.82) is 0 Å². The molecule has 0 spiro atoms. The van der Waals surface area contributed by atoms with E-state index in [0.29, 0.717) is 11.0 Å². The summed E-state index contributed by atoms with van der Waals surface area (Å²) >= 11 is 0. The third-order valence-electron chi connectivity index (χ3n) is 4.78. The summed E-state index contributed by atoms with van der Waals surface area (Å²) in [5.41, 5.74) is 1.22. The summed E-state index contributed by atoms with van der Waals surface area (Å²) in [6.45, 7) is 0. The largest absolute Gasteiger partial charge is 0.467 e. The maximum atomic E-state index is 12.7. The van der Waals surface area contributed by atoms with Crippen LogP contribution >= 0.6 is 0 Å². The first-order valence-electron chi connectivity index (χ1n) is 9.03. The normalized spacial score (nSPS) is 12.0. The molecule has 1 amide bonds. The van der Waals surface area contributed by atoms with Crippen LogP contribution in [0.15, 0.2) is 70.0 Å². The van der Waals surface area contributed by atoms with Gasteiger partial charge in [0.1, 0.15) is 17.2 Å². The molecule has 0 bridgehead atoms. The molecule has 146 valence electrons. The number of hydrogen-bond donors (Lipinski definition) is 2. The van der Waals surface area contributed by atoms with Gasteiger partial charge in [0, 0.05) is 28.9 Å². The van der Waals surface area contributed by atoms with Gasteiger partial charge in [0.25, 0.3) is 5.91 Å². The standard InChI is InChI=1S/C22H18N2O5/c1-28-22(27)18(11-14-12-23-17-8-4-3-7-15(14)17)24-20(25)16-10-13-6-2-5-9-19(13)29-21(16)26/h2-10,12,18,23H,11H2,1H3,(H,24,25). The van der Waals surface area contributed by atoms with E-state index < -0.39 is 23.5 Å². The minimum absolute atomic E-state index is 0.170. The predicted octanol–water partition coefficient (Wildman–Crippen LogP) is 2.79. The quantitative estimate of drug-likeness (QED) is 0.403. The van der Waals surface area contributed by atoms with Crippen molar-refractivity contribution in [3.05, 3.63) is 82.3 Å². The van der Waals surface area contributed by atoms with E-state index in [1.54, 1.807) is 30.5 Å². The predicted molar refractivity (Wildman–Crippen MR) is 108 cm³/mol. The molecular formula is C22H18N2O5. The molecule has 7 heteroatoms. The molecule has 2 aromatic carbocycles. The van der Waals surface area contributed by atoms with Gasteiger partial charge in [-0.05, 0) is 23.8 Å². The van der Waals surface area contributed by atoms with Crippen LogP contribution in [-0.4, -0.2) is 30.0 Å². The van der Waals surface area contributed by atoms with Gasteiger partial charge in [-0.3, -0.25) is 4.79 Å². The highest BCUT2D eigenvalue weighted by Gasteiger charge is 2.25. The molecule has 2 aromatic heterocycles. The van der Waals surface area contributed by atoms with Crippen LogP contribution in [0.5, 0.6) is 0 Å². The maximum absolute atomic E-state index is 12.7. The first kappa shape index (κ1) is 18.5. The monoisotopic (exact) mass is 390 g/mol. The highest BCUT2D eigenvalue weighted by atomic mass is 16.5. The Kier molecular flexibility index (Phi) is 4.87. The van der Waals surface area contributed by atoms with Crippen molar-refractivity contribution < 1.29 is 18.7 Å². The summed E-state index contributed by atoms with van der Waals surface area (Å²) in [4.78, 5) is 40.4. The van der Waals surface area contributed by atoms with Crippen LogP contribution in [0.4, 0.5) is 0 Å².